The Bertz CT molecular complexity index is 1430. The van der Waals surface area contributed by atoms with Crippen LogP contribution in [0.2, 0.25) is 0 Å². The monoisotopic (exact) mass is 450 g/mol. The van der Waals surface area contributed by atoms with Crippen LogP contribution in [-0.2, 0) is 15.0 Å². The number of nitrogens with two attached hydrogens (primary N) is 1. The molecule has 0 radical (unpaired) electrons. The lowest BCUT2D eigenvalue weighted by Gasteiger charge is -2.34. The highest BCUT2D eigenvalue weighted by molar-refractivity contribution is 5.78. The van der Waals surface area contributed by atoms with E-state index in [2.05, 4.69) is 34.0 Å². The van der Waals surface area contributed by atoms with Crippen molar-refractivity contribution in [1.82, 2.24) is 9.97 Å². The van der Waals surface area contributed by atoms with Crippen LogP contribution in [0, 0.1) is 11.8 Å². The molecule has 2 aromatic heterocycles. The average Bonchev–Trinajstić information content (AvgIpc) is 3.27. The predicted octanol–water partition coefficient (Wildman–Crippen LogP) is 4.01. The van der Waals surface area contributed by atoms with Gasteiger partial charge >= 0.3 is 0 Å². The molecule has 0 aliphatic carbocycles. The Morgan fingerprint density at radius 1 is 1.03 bits per heavy atom. The van der Waals surface area contributed by atoms with Gasteiger partial charge in [0.2, 0.25) is 0 Å². The van der Waals surface area contributed by atoms with Crippen molar-refractivity contribution in [2.75, 3.05) is 19.8 Å². The number of rotatable bonds is 2. The molecule has 1 atom stereocenters. The molecular weight excluding hydrogens is 428 g/mol. The maximum atomic E-state index is 6.28. The minimum Gasteiger partial charge on any atom is -0.462 e. The van der Waals surface area contributed by atoms with Crippen LogP contribution in [0.5, 0.6) is 11.5 Å². The Morgan fingerprint density at radius 3 is 2.74 bits per heavy atom. The summed E-state index contributed by atoms with van der Waals surface area (Å²) in [5.41, 5.74) is 11.9. The van der Waals surface area contributed by atoms with Crippen LogP contribution >= 0.6 is 0 Å². The van der Waals surface area contributed by atoms with E-state index >= 15 is 0 Å². The van der Waals surface area contributed by atoms with Gasteiger partial charge in [-0.25, -0.2) is 4.99 Å². The number of amidine groups is 1. The number of aliphatic imine (C=N–C) groups is 1. The Hall–Kier alpha value is -4.15. The van der Waals surface area contributed by atoms with E-state index in [0.29, 0.717) is 24.7 Å². The summed E-state index contributed by atoms with van der Waals surface area (Å²) in [6, 6.07) is 10.3. The van der Waals surface area contributed by atoms with Gasteiger partial charge < -0.3 is 19.9 Å². The van der Waals surface area contributed by atoms with Gasteiger partial charge in [0.05, 0.1) is 25.1 Å². The topological polar surface area (TPSA) is 91.9 Å². The van der Waals surface area contributed by atoms with Gasteiger partial charge in [-0.1, -0.05) is 18.1 Å². The van der Waals surface area contributed by atoms with Gasteiger partial charge in [-0.15, -0.1) is 5.92 Å². The second kappa shape index (κ2) is 8.01. The van der Waals surface area contributed by atoms with Crippen LogP contribution < -0.4 is 10.5 Å². The summed E-state index contributed by atoms with van der Waals surface area (Å²) in [6.45, 7) is 3.37. The fourth-order valence-corrected chi connectivity index (χ4v) is 4.69. The van der Waals surface area contributed by atoms with Gasteiger partial charge in [0.25, 0.3) is 6.02 Å². The van der Waals surface area contributed by atoms with E-state index in [9.17, 15) is 0 Å². The molecule has 168 valence electrons. The standard InChI is InChI=1S/C27H22N4O3/c1-2-3-17-10-20(14-29-13-17)19-4-5-24-21(11-19)27(16-33-26(28)31-27)22-12-23(30-15-25(22)34-24)18-6-8-32-9-7-18/h4-6,10-15H,7-9,16H2,1H3,(H2,28,31)/t27-/m0/s1. The number of hydrogen-bond donors (Lipinski definition) is 1. The lowest BCUT2D eigenvalue weighted by molar-refractivity contribution is 0.161. The van der Waals surface area contributed by atoms with Crippen LogP contribution in [0.1, 0.15) is 35.7 Å². The summed E-state index contributed by atoms with van der Waals surface area (Å²) in [5.74, 6) is 7.35. The molecular formula is C27H22N4O3. The first-order valence-corrected chi connectivity index (χ1v) is 11.1. The first kappa shape index (κ1) is 20.5. The van der Waals surface area contributed by atoms with E-state index in [1.807, 2.05) is 37.4 Å². The highest BCUT2D eigenvalue weighted by Gasteiger charge is 2.47. The molecule has 0 bridgehead atoms. The maximum absolute atomic E-state index is 6.28. The van der Waals surface area contributed by atoms with Crippen molar-refractivity contribution >= 4 is 11.6 Å². The zero-order valence-electron chi connectivity index (χ0n) is 18.7. The molecule has 1 aromatic carbocycles. The summed E-state index contributed by atoms with van der Waals surface area (Å²) in [7, 11) is 0. The molecule has 7 heteroatoms. The Balaban J connectivity index is 1.51. The first-order chi connectivity index (χ1) is 16.7. The normalized spacial score (nSPS) is 20.1. The third-order valence-electron chi connectivity index (χ3n) is 6.32. The third kappa shape index (κ3) is 3.31. The smallest absolute Gasteiger partial charge is 0.283 e. The quantitative estimate of drug-likeness (QED) is 0.593. The van der Waals surface area contributed by atoms with Crippen LogP contribution in [0.25, 0.3) is 16.7 Å². The molecule has 3 aliphatic heterocycles. The summed E-state index contributed by atoms with van der Waals surface area (Å²) < 4.78 is 17.5. The third-order valence-corrected chi connectivity index (χ3v) is 6.32. The summed E-state index contributed by atoms with van der Waals surface area (Å²) in [4.78, 5) is 13.8. The molecule has 0 fully saturated rings. The zero-order chi connectivity index (χ0) is 23.1. The molecule has 5 heterocycles. The Kier molecular flexibility index (Phi) is 4.82. The van der Waals surface area contributed by atoms with E-state index in [4.69, 9.17) is 24.9 Å². The SMILES string of the molecule is CC#Cc1cncc(-c2ccc3c(c2)[C@@]2(COC(N)=N2)c2cc(C4=CCOCC4)ncc2O3)c1. The van der Waals surface area contributed by atoms with Gasteiger partial charge in [-0.3, -0.25) is 9.97 Å². The van der Waals surface area contributed by atoms with Crippen molar-refractivity contribution in [1.29, 1.82) is 0 Å². The van der Waals surface area contributed by atoms with E-state index in [1.54, 1.807) is 12.4 Å². The van der Waals surface area contributed by atoms with E-state index in [1.165, 1.54) is 0 Å². The van der Waals surface area contributed by atoms with Gasteiger partial charge in [0, 0.05) is 34.6 Å². The van der Waals surface area contributed by atoms with Crippen molar-refractivity contribution in [3.05, 3.63) is 77.4 Å². The van der Waals surface area contributed by atoms with Gasteiger partial charge in [-0.2, -0.15) is 0 Å². The minimum absolute atomic E-state index is 0.162. The van der Waals surface area contributed by atoms with Gasteiger partial charge in [-0.05, 0) is 48.7 Å². The van der Waals surface area contributed by atoms with E-state index in [0.717, 1.165) is 45.5 Å². The number of benzene rings is 1. The largest absolute Gasteiger partial charge is 0.462 e. The fourth-order valence-electron chi connectivity index (χ4n) is 4.69. The minimum atomic E-state index is -0.819. The number of hydrogen-bond acceptors (Lipinski definition) is 7. The van der Waals surface area contributed by atoms with Crippen LogP contribution in [0.15, 0.2) is 60.0 Å². The van der Waals surface area contributed by atoms with Crippen molar-refractivity contribution in [2.24, 2.45) is 10.7 Å². The molecule has 0 saturated heterocycles. The van der Waals surface area contributed by atoms with Crippen molar-refractivity contribution in [2.45, 2.75) is 18.9 Å². The average molecular weight is 450 g/mol. The van der Waals surface area contributed by atoms with Crippen molar-refractivity contribution in [3.63, 3.8) is 0 Å². The van der Waals surface area contributed by atoms with Crippen LogP contribution in [0.3, 0.4) is 0 Å². The molecule has 3 aromatic rings. The lowest BCUT2D eigenvalue weighted by Crippen LogP contribution is -2.31. The van der Waals surface area contributed by atoms with Crippen molar-refractivity contribution < 1.29 is 14.2 Å². The zero-order valence-corrected chi connectivity index (χ0v) is 18.7. The number of nitrogens with zero attached hydrogens (tertiary/aromatic N) is 3. The fraction of sp³-hybridized carbons (Fsp3) is 0.222. The molecule has 1 spiro atoms. The predicted molar refractivity (Wildman–Crippen MR) is 128 cm³/mol. The highest BCUT2D eigenvalue weighted by atomic mass is 16.5. The van der Waals surface area contributed by atoms with Crippen LogP contribution in [0.4, 0.5) is 0 Å². The van der Waals surface area contributed by atoms with Gasteiger partial charge in [0.1, 0.15) is 12.4 Å². The second-order valence-electron chi connectivity index (χ2n) is 8.37. The summed E-state index contributed by atoms with van der Waals surface area (Å²) >= 11 is 0. The van der Waals surface area contributed by atoms with Crippen molar-refractivity contribution in [3.8, 4) is 34.5 Å². The Labute approximate surface area is 197 Å². The lowest BCUT2D eigenvalue weighted by atomic mass is 9.80. The van der Waals surface area contributed by atoms with E-state index in [-0.39, 0.29) is 12.6 Å². The molecule has 34 heavy (non-hydrogen) atoms. The molecule has 2 N–H and O–H groups in total. The molecule has 3 aliphatic rings. The summed E-state index contributed by atoms with van der Waals surface area (Å²) in [6.07, 6.45) is 8.24. The van der Waals surface area contributed by atoms with Crippen LogP contribution in [-0.4, -0.2) is 35.8 Å². The molecule has 6 rings (SSSR count). The van der Waals surface area contributed by atoms with E-state index < -0.39 is 5.54 Å². The molecule has 0 unspecified atom stereocenters. The highest BCUT2D eigenvalue weighted by Crippen LogP contribution is 2.51. The second-order valence-corrected chi connectivity index (χ2v) is 8.37. The number of pyridine rings is 2. The summed E-state index contributed by atoms with van der Waals surface area (Å²) in [5, 5.41) is 0. The molecule has 0 saturated carbocycles. The number of aromatic nitrogens is 2. The first-order valence-electron chi connectivity index (χ1n) is 11.1. The maximum Gasteiger partial charge on any atom is 0.283 e. The van der Waals surface area contributed by atoms with Gasteiger partial charge in [0.15, 0.2) is 11.3 Å². The number of ether oxygens (including phenoxy) is 3. The Morgan fingerprint density at radius 2 is 1.94 bits per heavy atom. The molecule has 7 nitrogen and oxygen atoms in total. The number of fused-ring (bicyclic) bond motifs is 4. The molecule has 0 amide bonds.